The molecule has 120 valence electrons. The lowest BCUT2D eigenvalue weighted by atomic mass is 10.1. The largest absolute Gasteiger partial charge is 0.480 e. The number of carboxylic acid groups (broad SMARTS) is 1. The van der Waals surface area contributed by atoms with Crippen molar-refractivity contribution in [3.63, 3.8) is 0 Å². The molecule has 0 spiro atoms. The minimum atomic E-state index is -1.30. The first-order chi connectivity index (χ1) is 11.1. The number of hydroxylamine groups is 2. The summed E-state index contributed by atoms with van der Waals surface area (Å²) in [4.78, 5) is 28.1. The third-order valence-corrected chi connectivity index (χ3v) is 3.25. The minimum Gasteiger partial charge on any atom is -0.480 e. The van der Waals surface area contributed by atoms with Crippen molar-refractivity contribution in [2.24, 2.45) is 0 Å². The van der Waals surface area contributed by atoms with Gasteiger partial charge in [-0.2, -0.15) is 0 Å². The number of carbonyl (C=O) groups is 2. The molecule has 2 rings (SSSR count). The van der Waals surface area contributed by atoms with E-state index in [1.807, 2.05) is 6.07 Å². The summed E-state index contributed by atoms with van der Waals surface area (Å²) < 4.78 is 0. The van der Waals surface area contributed by atoms with Crippen LogP contribution in [0.15, 0.2) is 60.7 Å². The molecule has 0 saturated heterocycles. The molecule has 0 aliphatic carbocycles. The fourth-order valence-electron chi connectivity index (χ4n) is 2.02. The average molecular weight is 315 g/mol. The normalized spacial score (nSPS) is 12.1. The van der Waals surface area contributed by atoms with E-state index in [1.165, 1.54) is 0 Å². The molecule has 0 aromatic heterocycles. The van der Waals surface area contributed by atoms with E-state index in [2.05, 4.69) is 0 Å². The first kappa shape index (κ1) is 16.8. The van der Waals surface area contributed by atoms with Crippen LogP contribution in [0.5, 0.6) is 0 Å². The van der Waals surface area contributed by atoms with Crippen LogP contribution in [0.25, 0.3) is 0 Å². The number of carboxylic acids is 1. The highest BCUT2D eigenvalue weighted by atomic mass is 16.9. The molecule has 0 aliphatic rings. The van der Waals surface area contributed by atoms with Gasteiger partial charge in [-0.3, -0.25) is 19.6 Å². The molecule has 0 fully saturated rings. The number of benzene rings is 2. The van der Waals surface area contributed by atoms with Crippen molar-refractivity contribution < 1.29 is 24.7 Å². The van der Waals surface area contributed by atoms with Crippen molar-refractivity contribution in [2.75, 3.05) is 6.61 Å². The van der Waals surface area contributed by atoms with E-state index < -0.39 is 18.6 Å². The predicted octanol–water partition coefficient (Wildman–Crippen LogP) is 2.19. The number of aliphatic carboxylic acids is 1. The van der Waals surface area contributed by atoms with Crippen LogP contribution in [-0.4, -0.2) is 39.9 Å². The Hall–Kier alpha value is -2.54. The van der Waals surface area contributed by atoms with E-state index in [9.17, 15) is 19.9 Å². The van der Waals surface area contributed by atoms with Crippen molar-refractivity contribution in [3.05, 3.63) is 71.8 Å². The summed E-state index contributed by atoms with van der Waals surface area (Å²) in [6.07, 6.45) is 0.0478. The van der Waals surface area contributed by atoms with Gasteiger partial charge >= 0.3 is 5.97 Å². The van der Waals surface area contributed by atoms with Crippen LogP contribution in [-0.2, 0) is 16.1 Å². The fourth-order valence-corrected chi connectivity index (χ4v) is 2.02. The molecule has 0 aliphatic heterocycles. The molecule has 6 heteroatoms. The highest BCUT2D eigenvalue weighted by Crippen LogP contribution is 2.09. The zero-order valence-electron chi connectivity index (χ0n) is 12.3. The van der Waals surface area contributed by atoms with Gasteiger partial charge in [-0.1, -0.05) is 65.9 Å². The number of Topliss-reactive ketones (excluding diaryl/α,β-unsaturated/α-hetero) is 1. The topological polar surface area (TPSA) is 87.1 Å². The Balaban J connectivity index is 1.95. The predicted molar refractivity (Wildman–Crippen MR) is 81.9 cm³/mol. The molecule has 2 aromatic rings. The number of ketones is 1. The van der Waals surface area contributed by atoms with Crippen molar-refractivity contribution in [3.8, 4) is 0 Å². The third-order valence-electron chi connectivity index (χ3n) is 3.25. The molecule has 1 atom stereocenters. The van der Waals surface area contributed by atoms with E-state index in [0.29, 0.717) is 5.56 Å². The molecule has 0 amide bonds. The van der Waals surface area contributed by atoms with Gasteiger partial charge in [-0.25, -0.2) is 0 Å². The van der Waals surface area contributed by atoms with Crippen LogP contribution >= 0.6 is 0 Å². The van der Waals surface area contributed by atoms with Gasteiger partial charge in [0.2, 0.25) is 0 Å². The maximum atomic E-state index is 11.9. The maximum Gasteiger partial charge on any atom is 0.326 e. The Labute approximate surface area is 133 Å². The molecule has 0 saturated carbocycles. The Bertz CT molecular complexity index is 645. The monoisotopic (exact) mass is 315 g/mol. The van der Waals surface area contributed by atoms with E-state index in [1.54, 1.807) is 54.6 Å². The van der Waals surface area contributed by atoms with Gasteiger partial charge in [0.1, 0.15) is 6.61 Å². The molecular weight excluding hydrogens is 298 g/mol. The third kappa shape index (κ3) is 5.00. The lowest BCUT2D eigenvalue weighted by molar-refractivity contribution is -0.351. The molecule has 0 unspecified atom stereocenters. The highest BCUT2D eigenvalue weighted by Gasteiger charge is 2.26. The molecule has 0 radical (unpaired) electrons. The Morgan fingerprint density at radius 3 is 2.13 bits per heavy atom. The van der Waals surface area contributed by atoms with Crippen molar-refractivity contribution >= 4 is 11.8 Å². The highest BCUT2D eigenvalue weighted by molar-refractivity contribution is 5.96. The summed E-state index contributed by atoms with van der Waals surface area (Å²) in [7, 11) is 0. The second-order valence-electron chi connectivity index (χ2n) is 4.91. The van der Waals surface area contributed by atoms with Crippen molar-refractivity contribution in [1.82, 2.24) is 5.23 Å². The summed E-state index contributed by atoms with van der Waals surface area (Å²) in [5, 5.41) is 19.3. The second kappa shape index (κ2) is 8.19. The molecule has 2 aromatic carbocycles. The van der Waals surface area contributed by atoms with Crippen LogP contribution in [0, 0.1) is 0 Å². The summed E-state index contributed by atoms with van der Waals surface area (Å²) in [5.74, 6) is -1.60. The molecule has 2 N–H and O–H groups in total. The van der Waals surface area contributed by atoms with Crippen LogP contribution in [0.1, 0.15) is 15.9 Å². The van der Waals surface area contributed by atoms with Gasteiger partial charge in [0.05, 0.1) is 0 Å². The maximum absolute atomic E-state index is 11.9. The van der Waals surface area contributed by atoms with Crippen LogP contribution < -0.4 is 0 Å². The van der Waals surface area contributed by atoms with Gasteiger partial charge in [-0.15, -0.1) is 0 Å². The Morgan fingerprint density at radius 2 is 1.57 bits per heavy atom. The SMILES string of the molecule is O=C(CON(O)[C@@H](Cc1ccccc1)C(=O)O)c1ccccc1. The molecule has 0 bridgehead atoms. The lowest BCUT2D eigenvalue weighted by Crippen LogP contribution is -2.41. The summed E-state index contributed by atoms with van der Waals surface area (Å²) >= 11 is 0. The molecule has 23 heavy (non-hydrogen) atoms. The average Bonchev–Trinajstić information content (AvgIpc) is 2.58. The summed E-state index contributed by atoms with van der Waals surface area (Å²) in [5.41, 5.74) is 1.16. The van der Waals surface area contributed by atoms with Gasteiger partial charge in [0.15, 0.2) is 11.8 Å². The van der Waals surface area contributed by atoms with Crippen LogP contribution in [0.3, 0.4) is 0 Å². The number of nitrogens with zero attached hydrogens (tertiary/aromatic N) is 1. The summed E-state index contributed by atoms with van der Waals surface area (Å²) in [6, 6.07) is 16.0. The fraction of sp³-hybridized carbons (Fsp3) is 0.176. The Morgan fingerprint density at radius 1 is 1.00 bits per heavy atom. The zero-order chi connectivity index (χ0) is 16.7. The van der Waals surface area contributed by atoms with E-state index >= 15 is 0 Å². The lowest BCUT2D eigenvalue weighted by Gasteiger charge is -2.21. The number of rotatable bonds is 8. The number of hydrogen-bond acceptors (Lipinski definition) is 5. The van der Waals surface area contributed by atoms with Crippen LogP contribution in [0.2, 0.25) is 0 Å². The van der Waals surface area contributed by atoms with E-state index in [0.717, 1.165) is 5.56 Å². The zero-order valence-corrected chi connectivity index (χ0v) is 12.3. The molecule has 0 heterocycles. The quantitative estimate of drug-likeness (QED) is 0.573. The first-order valence-corrected chi connectivity index (χ1v) is 7.04. The van der Waals surface area contributed by atoms with Gasteiger partial charge in [0.25, 0.3) is 0 Å². The standard InChI is InChI=1S/C17H17NO5/c19-16(14-9-5-2-6-10-14)12-23-18(22)15(17(20)21)11-13-7-3-1-4-8-13/h1-10,15,22H,11-12H2,(H,20,21)/t15-/m0/s1. The van der Waals surface area contributed by atoms with Gasteiger partial charge in [0, 0.05) is 12.0 Å². The van der Waals surface area contributed by atoms with Gasteiger partial charge in [-0.05, 0) is 5.56 Å². The van der Waals surface area contributed by atoms with Gasteiger partial charge < -0.3 is 5.11 Å². The number of carbonyl (C=O) groups excluding carboxylic acids is 1. The van der Waals surface area contributed by atoms with Crippen LogP contribution in [0.4, 0.5) is 0 Å². The van der Waals surface area contributed by atoms with Crippen molar-refractivity contribution in [2.45, 2.75) is 12.5 Å². The van der Waals surface area contributed by atoms with E-state index in [-0.39, 0.29) is 17.4 Å². The number of hydrogen-bond donors (Lipinski definition) is 2. The molecule has 6 nitrogen and oxygen atoms in total. The van der Waals surface area contributed by atoms with E-state index in [4.69, 9.17) is 4.84 Å². The Kier molecular flexibility index (Phi) is 5.99. The summed E-state index contributed by atoms with van der Waals surface area (Å²) in [6.45, 7) is -0.445. The van der Waals surface area contributed by atoms with Crippen molar-refractivity contribution in [1.29, 1.82) is 0 Å². The minimum absolute atomic E-state index is 0.0478. The first-order valence-electron chi connectivity index (χ1n) is 7.04. The second-order valence-corrected chi connectivity index (χ2v) is 4.91. The molecular formula is C17H17NO5. The smallest absolute Gasteiger partial charge is 0.326 e.